The molecule has 0 aromatic heterocycles. The normalized spacial score (nSPS) is 17.8. The molecular weight excluding hydrogens is 496 g/mol. The Kier molecular flexibility index (Phi) is 11.9. The van der Waals surface area contributed by atoms with Gasteiger partial charge in [0.1, 0.15) is 0 Å². The molecule has 2 rings (SSSR count). The van der Waals surface area contributed by atoms with Gasteiger partial charge in [-0.25, -0.2) is 4.99 Å². The number of hydrogen-bond acceptors (Lipinski definition) is 3. The number of hydrogen-bond donors (Lipinski definition) is 2. The van der Waals surface area contributed by atoms with Crippen LogP contribution in [0.2, 0.25) is 0 Å². The van der Waals surface area contributed by atoms with E-state index in [4.69, 9.17) is 4.74 Å². The van der Waals surface area contributed by atoms with E-state index in [0.29, 0.717) is 45.2 Å². The summed E-state index contributed by atoms with van der Waals surface area (Å²) in [6.07, 6.45) is -2.51. The van der Waals surface area contributed by atoms with Crippen molar-refractivity contribution in [2.75, 3.05) is 32.8 Å². The zero-order valence-corrected chi connectivity index (χ0v) is 19.4. The largest absolute Gasteiger partial charge is 0.401 e. The molecule has 0 aliphatic carbocycles. The highest BCUT2D eigenvalue weighted by Gasteiger charge is 2.34. The summed E-state index contributed by atoms with van der Waals surface area (Å²) in [6, 6.07) is 7.98. The van der Waals surface area contributed by atoms with Gasteiger partial charge in [-0.05, 0) is 30.9 Å². The molecule has 0 bridgehead atoms. The lowest BCUT2D eigenvalue weighted by Gasteiger charge is -2.20. The van der Waals surface area contributed by atoms with Crippen molar-refractivity contribution >= 4 is 29.9 Å². The van der Waals surface area contributed by atoms with Crippen molar-refractivity contribution in [1.82, 2.24) is 15.5 Å². The van der Waals surface area contributed by atoms with Gasteiger partial charge in [0.15, 0.2) is 5.96 Å². The first-order valence-electron chi connectivity index (χ1n) is 9.89. The third kappa shape index (κ3) is 9.99. The predicted molar refractivity (Wildman–Crippen MR) is 121 cm³/mol. The molecule has 5 nitrogen and oxygen atoms in total. The summed E-state index contributed by atoms with van der Waals surface area (Å²) in [5, 5.41) is 6.45. The summed E-state index contributed by atoms with van der Waals surface area (Å²) in [4.78, 5) is 6.07. The van der Waals surface area contributed by atoms with Gasteiger partial charge < -0.3 is 15.4 Å². The van der Waals surface area contributed by atoms with Crippen LogP contribution in [0.5, 0.6) is 0 Å². The van der Waals surface area contributed by atoms with Crippen LogP contribution >= 0.6 is 24.0 Å². The topological polar surface area (TPSA) is 48.9 Å². The van der Waals surface area contributed by atoms with Gasteiger partial charge in [-0.15, -0.1) is 24.0 Å². The third-order valence-corrected chi connectivity index (χ3v) is 4.49. The lowest BCUT2D eigenvalue weighted by Crippen LogP contribution is -2.45. The number of nitrogens with one attached hydrogen (secondary N) is 2. The second kappa shape index (κ2) is 13.3. The molecule has 1 heterocycles. The highest BCUT2D eigenvalue weighted by molar-refractivity contribution is 14.0. The van der Waals surface area contributed by atoms with E-state index >= 15 is 0 Å². The first-order chi connectivity index (χ1) is 13.4. The highest BCUT2D eigenvalue weighted by Crippen LogP contribution is 2.20. The average Bonchev–Trinajstić information content (AvgIpc) is 3.06. The molecule has 1 saturated heterocycles. The number of ether oxygens (including phenoxy) is 1. The zero-order chi connectivity index (χ0) is 20.4. The van der Waals surface area contributed by atoms with Crippen LogP contribution in [0.4, 0.5) is 13.2 Å². The van der Waals surface area contributed by atoms with Crippen molar-refractivity contribution in [3.8, 4) is 0 Å². The number of likely N-dealkylation sites (tertiary alicyclic amines) is 1. The summed E-state index contributed by atoms with van der Waals surface area (Å²) >= 11 is 0. The predicted octanol–water partition coefficient (Wildman–Crippen LogP) is 3.92. The van der Waals surface area contributed by atoms with Crippen LogP contribution < -0.4 is 10.6 Å². The van der Waals surface area contributed by atoms with Crippen molar-refractivity contribution in [1.29, 1.82) is 0 Å². The van der Waals surface area contributed by atoms with Crippen LogP contribution in [0.3, 0.4) is 0 Å². The molecule has 1 aromatic rings. The standard InChI is InChI=1S/C20H31F3N4O.HI/c1-3-11-28-14-17-8-6-5-7-16(17)12-25-19(24-4-2)26-18-9-10-27(13-18)15-20(21,22)23;/h5-8,18H,3-4,9-15H2,1-2H3,(H2,24,25,26);1H. The molecule has 1 unspecified atom stereocenters. The van der Waals surface area contributed by atoms with Gasteiger partial charge in [0, 0.05) is 32.3 Å². The minimum absolute atomic E-state index is 0. The van der Waals surface area contributed by atoms with Crippen LogP contribution in [-0.2, 0) is 17.9 Å². The van der Waals surface area contributed by atoms with E-state index in [1.807, 2.05) is 31.2 Å². The van der Waals surface area contributed by atoms with Crippen molar-refractivity contribution in [3.63, 3.8) is 0 Å². The molecule has 2 N–H and O–H groups in total. The monoisotopic (exact) mass is 528 g/mol. The summed E-state index contributed by atoms with van der Waals surface area (Å²) in [7, 11) is 0. The third-order valence-electron chi connectivity index (χ3n) is 4.49. The molecule has 1 aliphatic rings. The van der Waals surface area contributed by atoms with Gasteiger partial charge in [-0.1, -0.05) is 31.2 Å². The van der Waals surface area contributed by atoms with Crippen LogP contribution in [0, 0.1) is 0 Å². The van der Waals surface area contributed by atoms with Gasteiger partial charge in [0.05, 0.1) is 19.7 Å². The van der Waals surface area contributed by atoms with E-state index in [2.05, 4.69) is 22.5 Å². The average molecular weight is 528 g/mol. The van der Waals surface area contributed by atoms with E-state index in [9.17, 15) is 13.2 Å². The van der Waals surface area contributed by atoms with Crippen molar-refractivity contribution in [3.05, 3.63) is 35.4 Å². The van der Waals surface area contributed by atoms with Gasteiger partial charge in [0.2, 0.25) is 0 Å². The quantitative estimate of drug-likeness (QED) is 0.221. The number of alkyl halides is 3. The second-order valence-corrected chi connectivity index (χ2v) is 7.00. The van der Waals surface area contributed by atoms with Crippen LogP contribution in [0.1, 0.15) is 37.8 Å². The van der Waals surface area contributed by atoms with E-state index < -0.39 is 12.7 Å². The molecule has 0 spiro atoms. The molecule has 1 atom stereocenters. The maximum atomic E-state index is 12.6. The Bertz CT molecular complexity index is 628. The Morgan fingerprint density at radius 3 is 2.62 bits per heavy atom. The first kappa shape index (κ1) is 26.0. The van der Waals surface area contributed by atoms with E-state index in [1.54, 1.807) is 0 Å². The Hall–Kier alpha value is -1.07. The fourth-order valence-corrected chi connectivity index (χ4v) is 3.20. The molecule has 166 valence electrons. The second-order valence-electron chi connectivity index (χ2n) is 7.00. The lowest BCUT2D eigenvalue weighted by molar-refractivity contribution is -0.143. The first-order valence-corrected chi connectivity index (χ1v) is 9.89. The highest BCUT2D eigenvalue weighted by atomic mass is 127. The van der Waals surface area contributed by atoms with Gasteiger partial charge in [-0.2, -0.15) is 13.2 Å². The Labute approximate surface area is 188 Å². The Balaban J connectivity index is 0.00000420. The van der Waals surface area contributed by atoms with Crippen LogP contribution in [0.25, 0.3) is 0 Å². The number of aliphatic imine (C=N–C) groups is 1. The number of guanidine groups is 1. The molecule has 1 fully saturated rings. The number of halogens is 4. The summed E-state index contributed by atoms with van der Waals surface area (Å²) in [6.45, 7) is 6.43. The fraction of sp³-hybridized carbons (Fsp3) is 0.650. The number of rotatable bonds is 9. The van der Waals surface area contributed by atoms with Crippen molar-refractivity contribution in [2.24, 2.45) is 4.99 Å². The molecule has 9 heteroatoms. The molecular formula is C20H32F3IN4O. The smallest absolute Gasteiger partial charge is 0.377 e. The Morgan fingerprint density at radius 1 is 1.24 bits per heavy atom. The van der Waals surface area contributed by atoms with E-state index in [-0.39, 0.29) is 30.0 Å². The van der Waals surface area contributed by atoms with E-state index in [1.165, 1.54) is 4.90 Å². The molecule has 1 aliphatic heterocycles. The van der Waals surface area contributed by atoms with Gasteiger partial charge in [0.25, 0.3) is 0 Å². The van der Waals surface area contributed by atoms with Crippen molar-refractivity contribution < 1.29 is 17.9 Å². The Morgan fingerprint density at radius 2 is 1.97 bits per heavy atom. The van der Waals surface area contributed by atoms with Crippen molar-refractivity contribution in [2.45, 2.75) is 52.1 Å². The number of benzene rings is 1. The molecule has 0 saturated carbocycles. The van der Waals surface area contributed by atoms with Crippen LogP contribution in [-0.4, -0.2) is 55.9 Å². The van der Waals surface area contributed by atoms with Gasteiger partial charge in [-0.3, -0.25) is 4.90 Å². The maximum Gasteiger partial charge on any atom is 0.401 e. The fourth-order valence-electron chi connectivity index (χ4n) is 3.20. The SMILES string of the molecule is CCCOCc1ccccc1CN=C(NCC)NC1CCN(CC(F)(F)F)C1.I. The van der Waals surface area contributed by atoms with Crippen LogP contribution in [0.15, 0.2) is 29.3 Å². The minimum atomic E-state index is -4.16. The van der Waals surface area contributed by atoms with Gasteiger partial charge >= 0.3 is 6.18 Å². The zero-order valence-electron chi connectivity index (χ0n) is 17.1. The lowest BCUT2D eigenvalue weighted by atomic mass is 10.1. The molecule has 0 radical (unpaired) electrons. The van der Waals surface area contributed by atoms with E-state index in [0.717, 1.165) is 24.2 Å². The summed E-state index contributed by atoms with van der Waals surface area (Å²) in [5.74, 6) is 0.630. The molecule has 29 heavy (non-hydrogen) atoms. The summed E-state index contributed by atoms with van der Waals surface area (Å²) in [5.41, 5.74) is 2.19. The minimum Gasteiger partial charge on any atom is -0.377 e. The molecule has 0 amide bonds. The molecule has 1 aromatic carbocycles. The summed E-state index contributed by atoms with van der Waals surface area (Å²) < 4.78 is 43.3. The number of nitrogens with zero attached hydrogens (tertiary/aromatic N) is 2. The maximum absolute atomic E-state index is 12.6.